The Hall–Kier alpha value is -2.71. The van der Waals surface area contributed by atoms with Crippen LogP contribution >= 0.6 is 11.8 Å². The van der Waals surface area contributed by atoms with E-state index in [0.29, 0.717) is 23.8 Å². The molecule has 57 heavy (non-hydrogen) atoms. The zero-order valence-corrected chi connectivity index (χ0v) is 38.3. The van der Waals surface area contributed by atoms with Gasteiger partial charge < -0.3 is 35.0 Å². The summed E-state index contributed by atoms with van der Waals surface area (Å²) >= 11 is 1.86. The van der Waals surface area contributed by atoms with Gasteiger partial charge in [0.1, 0.15) is 6.04 Å². The first-order valence-corrected chi connectivity index (χ1v) is 22.1. The lowest BCUT2D eigenvalue weighted by Gasteiger charge is -2.41. The molecule has 0 aliphatic carbocycles. The molecule has 0 spiro atoms. The number of ether oxygens (including phenoxy) is 2. The van der Waals surface area contributed by atoms with Gasteiger partial charge in [-0.1, -0.05) is 99.1 Å². The van der Waals surface area contributed by atoms with Crippen LogP contribution in [0.5, 0.6) is 0 Å². The minimum absolute atomic E-state index is 0.0220. The van der Waals surface area contributed by atoms with Crippen LogP contribution in [0.2, 0.25) is 0 Å². The number of methoxy groups -OCH3 is 2. The molecular formula is C44H77N5O7S. The Labute approximate surface area is 348 Å². The average molecular weight is 820 g/mol. The van der Waals surface area contributed by atoms with Gasteiger partial charge in [0, 0.05) is 40.1 Å². The molecule has 0 saturated carbocycles. The van der Waals surface area contributed by atoms with Gasteiger partial charge in [-0.25, -0.2) is 0 Å². The van der Waals surface area contributed by atoms with Crippen LogP contribution in [0.15, 0.2) is 30.3 Å². The molecule has 13 heteroatoms. The van der Waals surface area contributed by atoms with E-state index >= 15 is 0 Å². The molecule has 1 heterocycles. The largest absolute Gasteiger partial charge is 0.386 e. The molecule has 1 aromatic carbocycles. The lowest BCUT2D eigenvalue weighted by molar-refractivity contribution is -0.148. The number of aliphatic hydroxyl groups excluding tert-OH is 1. The van der Waals surface area contributed by atoms with Gasteiger partial charge in [-0.2, -0.15) is 11.8 Å². The first kappa shape index (κ1) is 50.4. The monoisotopic (exact) mass is 820 g/mol. The average Bonchev–Trinajstić information content (AvgIpc) is 3.65. The molecule has 0 unspecified atom stereocenters. The number of hydrogen-bond donors (Lipinski definition) is 3. The van der Waals surface area contributed by atoms with E-state index in [-0.39, 0.29) is 53.8 Å². The van der Waals surface area contributed by atoms with Crippen LogP contribution in [0, 0.1) is 23.7 Å². The van der Waals surface area contributed by atoms with Crippen LogP contribution in [0.3, 0.4) is 0 Å². The van der Waals surface area contributed by atoms with Crippen molar-refractivity contribution in [2.24, 2.45) is 23.7 Å². The van der Waals surface area contributed by atoms with Crippen molar-refractivity contribution < 1.29 is 33.8 Å². The smallest absolute Gasteiger partial charge is 0.245 e. The highest BCUT2D eigenvalue weighted by atomic mass is 32.2. The van der Waals surface area contributed by atoms with Crippen LogP contribution in [0.25, 0.3) is 0 Å². The molecular weight excluding hydrogens is 743 g/mol. The molecule has 10 atom stereocenters. The summed E-state index contributed by atoms with van der Waals surface area (Å²) in [7, 11) is 6.86. The summed E-state index contributed by atoms with van der Waals surface area (Å²) in [5.74, 6) is -0.645. The number of rotatable bonds is 24. The number of likely N-dealkylation sites (N-methyl/N-ethyl adjacent to an activating group) is 2. The summed E-state index contributed by atoms with van der Waals surface area (Å²) in [6.07, 6.45) is 0.130. The lowest BCUT2D eigenvalue weighted by atomic mass is 9.89. The van der Waals surface area contributed by atoms with E-state index in [1.54, 1.807) is 44.9 Å². The number of benzene rings is 1. The minimum Gasteiger partial charge on any atom is -0.386 e. The standard InChI is InChI=1S/C44H77N5O7S/c1-15-30(8)39(48(12)44(54)37(27(2)3)46-43(53)38(28(4)5)47(11)24-25-57-29(6)7)35(55-13)26-36(50)49-23-19-22-34(49)41(56-14)31(9)42(52)45-32(10)40(51)33-20-17-16-18-21-33/h16-18,20-21,27-32,34-35,37-41,51H,15,19,22-26H2,1-14H3,(H,45,52)(H,46,53)/t30-,31+,32+,34-,35+,37-,38-,39-,40+,41+/m0/s1. The van der Waals surface area contributed by atoms with Gasteiger partial charge in [0.05, 0.1) is 54.8 Å². The van der Waals surface area contributed by atoms with Gasteiger partial charge in [0.2, 0.25) is 23.6 Å². The summed E-state index contributed by atoms with van der Waals surface area (Å²) < 4.78 is 12.0. The first-order chi connectivity index (χ1) is 26.8. The van der Waals surface area contributed by atoms with E-state index in [9.17, 15) is 24.3 Å². The number of hydrogen-bond acceptors (Lipinski definition) is 9. The Morgan fingerprint density at radius 3 is 2.07 bits per heavy atom. The van der Waals surface area contributed by atoms with Crippen molar-refractivity contribution in [2.45, 2.75) is 149 Å². The molecule has 0 radical (unpaired) electrons. The highest BCUT2D eigenvalue weighted by Crippen LogP contribution is 2.30. The van der Waals surface area contributed by atoms with E-state index < -0.39 is 48.4 Å². The number of thioether (sulfide) groups is 1. The van der Waals surface area contributed by atoms with E-state index in [2.05, 4.69) is 43.2 Å². The number of amides is 4. The van der Waals surface area contributed by atoms with Crippen LogP contribution < -0.4 is 10.6 Å². The number of aliphatic hydroxyl groups is 1. The normalized spacial score (nSPS) is 19.5. The summed E-state index contributed by atoms with van der Waals surface area (Å²) in [5.41, 5.74) is 0.712. The van der Waals surface area contributed by atoms with Crippen LogP contribution in [-0.4, -0.2) is 138 Å². The van der Waals surface area contributed by atoms with Crippen molar-refractivity contribution >= 4 is 35.4 Å². The van der Waals surface area contributed by atoms with E-state index in [0.717, 1.165) is 25.1 Å². The van der Waals surface area contributed by atoms with Crippen LogP contribution in [0.4, 0.5) is 0 Å². The first-order valence-electron chi connectivity index (χ1n) is 21.1. The second-order valence-corrected chi connectivity index (χ2v) is 18.7. The van der Waals surface area contributed by atoms with Crippen molar-refractivity contribution in [1.29, 1.82) is 0 Å². The molecule has 12 nitrogen and oxygen atoms in total. The molecule has 1 aliphatic heterocycles. The third kappa shape index (κ3) is 14.2. The zero-order chi connectivity index (χ0) is 43.1. The van der Waals surface area contributed by atoms with Crippen LogP contribution in [0.1, 0.15) is 107 Å². The highest BCUT2D eigenvalue weighted by molar-refractivity contribution is 7.99. The maximum absolute atomic E-state index is 14.4. The summed E-state index contributed by atoms with van der Waals surface area (Å²) in [5, 5.41) is 17.5. The number of nitrogens with one attached hydrogen (secondary N) is 2. The summed E-state index contributed by atoms with van der Waals surface area (Å²) in [6, 6.07) is 6.71. The Morgan fingerprint density at radius 2 is 1.54 bits per heavy atom. The van der Waals surface area contributed by atoms with Gasteiger partial charge in [-0.15, -0.1) is 0 Å². The van der Waals surface area contributed by atoms with Crippen molar-refractivity contribution in [1.82, 2.24) is 25.3 Å². The Balaban J connectivity index is 2.25. The summed E-state index contributed by atoms with van der Waals surface area (Å²) in [6.45, 7) is 21.2. The fourth-order valence-corrected chi connectivity index (χ4v) is 9.10. The van der Waals surface area contributed by atoms with Gasteiger partial charge in [-0.3, -0.25) is 24.1 Å². The third-order valence-corrected chi connectivity index (χ3v) is 12.8. The Bertz CT molecular complexity index is 1380. The number of likely N-dealkylation sites (tertiary alicyclic amines) is 1. The molecule has 3 N–H and O–H groups in total. The predicted molar refractivity (Wildman–Crippen MR) is 231 cm³/mol. The van der Waals surface area contributed by atoms with Gasteiger partial charge in [0.15, 0.2) is 0 Å². The maximum Gasteiger partial charge on any atom is 0.245 e. The Kier molecular flexibility index (Phi) is 21.6. The second-order valence-electron chi connectivity index (χ2n) is 17.1. The number of carbonyl (C=O) groups is 4. The van der Waals surface area contributed by atoms with E-state index in [1.165, 1.54) is 0 Å². The summed E-state index contributed by atoms with van der Waals surface area (Å²) in [4.78, 5) is 61.7. The van der Waals surface area contributed by atoms with Gasteiger partial charge >= 0.3 is 0 Å². The highest BCUT2D eigenvalue weighted by Gasteiger charge is 2.43. The SMILES string of the molecule is CC[C@H](C)[C@@H]([C@@H](CC(=O)N1CCC[C@H]1[C@H](OC)[C@@H](C)C(=O)N[C@H](C)[C@@H](O)c1ccccc1)OC)N(C)C(=O)[C@@H](NC(=O)[C@H](C(C)C)N(C)CCSC(C)C)C(C)C. The van der Waals surface area contributed by atoms with Crippen molar-refractivity contribution in [2.75, 3.05) is 47.2 Å². The molecule has 326 valence electrons. The lowest BCUT2D eigenvalue weighted by Crippen LogP contribution is -2.60. The maximum atomic E-state index is 14.4. The molecule has 1 aromatic rings. The minimum atomic E-state index is -0.878. The van der Waals surface area contributed by atoms with Crippen molar-refractivity contribution in [3.8, 4) is 0 Å². The molecule has 1 fully saturated rings. The molecule has 1 aliphatic rings. The third-order valence-electron chi connectivity index (χ3n) is 11.7. The number of nitrogens with zero attached hydrogens (tertiary/aromatic N) is 3. The second kappa shape index (κ2) is 24.4. The number of carbonyl (C=O) groups excluding carboxylic acids is 4. The predicted octanol–water partition coefficient (Wildman–Crippen LogP) is 5.38. The van der Waals surface area contributed by atoms with Gasteiger partial charge in [0.25, 0.3) is 0 Å². The van der Waals surface area contributed by atoms with E-state index in [1.807, 2.05) is 76.8 Å². The molecule has 4 amide bonds. The Morgan fingerprint density at radius 1 is 0.912 bits per heavy atom. The van der Waals surface area contributed by atoms with Crippen molar-refractivity contribution in [3.63, 3.8) is 0 Å². The molecule has 0 bridgehead atoms. The fourth-order valence-electron chi connectivity index (χ4n) is 8.23. The van der Waals surface area contributed by atoms with Crippen molar-refractivity contribution in [3.05, 3.63) is 35.9 Å². The molecule has 0 aromatic heterocycles. The fraction of sp³-hybridized carbons (Fsp3) is 0.773. The topological polar surface area (TPSA) is 141 Å². The quantitative estimate of drug-likeness (QED) is 0.125. The van der Waals surface area contributed by atoms with E-state index in [4.69, 9.17) is 9.47 Å². The van der Waals surface area contributed by atoms with Crippen LogP contribution in [-0.2, 0) is 28.7 Å². The zero-order valence-electron chi connectivity index (χ0n) is 37.5. The van der Waals surface area contributed by atoms with Gasteiger partial charge in [-0.05, 0) is 55.4 Å². The molecule has 2 rings (SSSR count). The molecule has 1 saturated heterocycles.